The van der Waals surface area contributed by atoms with Gasteiger partial charge < -0.3 is 5.11 Å². The van der Waals surface area contributed by atoms with E-state index in [-0.39, 0.29) is 10.5 Å². The molecule has 0 spiro atoms. The average molecular weight is 371 g/mol. The average Bonchev–Trinajstić information content (AvgIpc) is 3.03. The zero-order chi connectivity index (χ0) is 18.9. The van der Waals surface area contributed by atoms with Crippen molar-refractivity contribution in [2.24, 2.45) is 0 Å². The summed E-state index contributed by atoms with van der Waals surface area (Å²) < 4.78 is 28.1. The molecule has 5 nitrogen and oxygen atoms in total. The minimum atomic E-state index is -3.86. The van der Waals surface area contributed by atoms with Crippen LogP contribution in [-0.2, 0) is 14.8 Å². The monoisotopic (exact) mass is 371 g/mol. The molecule has 1 heterocycles. The van der Waals surface area contributed by atoms with Crippen LogP contribution in [0.1, 0.15) is 30.5 Å². The second kappa shape index (κ2) is 7.05. The van der Waals surface area contributed by atoms with E-state index in [0.29, 0.717) is 12.0 Å². The van der Waals surface area contributed by atoms with Gasteiger partial charge in [0.15, 0.2) is 0 Å². The van der Waals surface area contributed by atoms with E-state index in [0.717, 1.165) is 5.56 Å². The van der Waals surface area contributed by atoms with Crippen molar-refractivity contribution in [3.8, 4) is 0 Å². The van der Waals surface area contributed by atoms with Crippen LogP contribution in [0.5, 0.6) is 0 Å². The van der Waals surface area contributed by atoms with Crippen molar-refractivity contribution in [3.05, 3.63) is 77.4 Å². The number of benzene rings is 2. The van der Waals surface area contributed by atoms with Gasteiger partial charge in [0.05, 0.1) is 16.5 Å². The first-order valence-corrected chi connectivity index (χ1v) is 9.90. The molecule has 0 radical (unpaired) electrons. The maximum Gasteiger partial charge on any atom is 0.333 e. The van der Waals surface area contributed by atoms with Crippen LogP contribution >= 0.6 is 0 Å². The first-order chi connectivity index (χ1) is 12.4. The Morgan fingerprint density at radius 3 is 2.23 bits per heavy atom. The number of carboxylic acids is 1. The Morgan fingerprint density at radius 2 is 1.69 bits per heavy atom. The van der Waals surface area contributed by atoms with Crippen LogP contribution in [0.3, 0.4) is 0 Å². The second-order valence-electron chi connectivity index (χ2n) is 6.36. The SMILES string of the molecule is CCC1C=C(C(=O)O)[C@H](c2ccccc2)N1S(=O)(=O)c1ccc(C)cc1. The van der Waals surface area contributed by atoms with Crippen LogP contribution in [0.25, 0.3) is 0 Å². The molecule has 0 saturated heterocycles. The molecule has 136 valence electrons. The summed E-state index contributed by atoms with van der Waals surface area (Å²) in [6, 6.07) is 14.2. The highest BCUT2D eigenvalue weighted by molar-refractivity contribution is 7.89. The lowest BCUT2D eigenvalue weighted by Gasteiger charge is -2.30. The molecule has 3 rings (SSSR count). The van der Waals surface area contributed by atoms with Crippen molar-refractivity contribution >= 4 is 16.0 Å². The van der Waals surface area contributed by atoms with Gasteiger partial charge >= 0.3 is 5.97 Å². The van der Waals surface area contributed by atoms with Gasteiger partial charge in [-0.25, -0.2) is 13.2 Å². The highest BCUT2D eigenvalue weighted by Crippen LogP contribution is 2.41. The molecule has 0 fully saturated rings. The summed E-state index contributed by atoms with van der Waals surface area (Å²) in [5.74, 6) is -1.10. The van der Waals surface area contributed by atoms with Crippen molar-refractivity contribution in [2.45, 2.75) is 37.2 Å². The number of hydrogen-bond donors (Lipinski definition) is 1. The summed E-state index contributed by atoms with van der Waals surface area (Å²) in [6.07, 6.45) is 2.05. The molecule has 2 aromatic carbocycles. The zero-order valence-corrected chi connectivity index (χ0v) is 15.5. The number of rotatable bonds is 5. The smallest absolute Gasteiger partial charge is 0.333 e. The Bertz CT molecular complexity index is 934. The molecule has 6 heteroatoms. The third kappa shape index (κ3) is 3.18. The van der Waals surface area contributed by atoms with Gasteiger partial charge in [-0.1, -0.05) is 61.0 Å². The van der Waals surface area contributed by atoms with E-state index in [9.17, 15) is 18.3 Å². The van der Waals surface area contributed by atoms with Crippen molar-refractivity contribution < 1.29 is 18.3 Å². The van der Waals surface area contributed by atoms with E-state index in [4.69, 9.17) is 0 Å². The summed E-state index contributed by atoms with van der Waals surface area (Å²) in [5.41, 5.74) is 1.70. The van der Waals surface area contributed by atoms with Crippen LogP contribution in [0.15, 0.2) is 71.1 Å². The maximum atomic E-state index is 13.4. The topological polar surface area (TPSA) is 74.7 Å². The number of sulfonamides is 1. The van der Waals surface area contributed by atoms with Gasteiger partial charge in [0.1, 0.15) is 0 Å². The highest BCUT2D eigenvalue weighted by atomic mass is 32.2. The summed E-state index contributed by atoms with van der Waals surface area (Å²) in [7, 11) is -3.86. The van der Waals surface area contributed by atoms with Crippen molar-refractivity contribution in [1.29, 1.82) is 0 Å². The van der Waals surface area contributed by atoms with Gasteiger partial charge in [-0.3, -0.25) is 0 Å². The molecule has 1 aliphatic rings. The molecule has 2 atom stereocenters. The van der Waals surface area contributed by atoms with Gasteiger partial charge in [-0.2, -0.15) is 4.31 Å². The molecule has 26 heavy (non-hydrogen) atoms. The fourth-order valence-electron chi connectivity index (χ4n) is 3.30. The normalized spacial score (nSPS) is 20.8. The van der Waals surface area contributed by atoms with Crippen LogP contribution in [0.4, 0.5) is 0 Å². The molecular weight excluding hydrogens is 350 g/mol. The summed E-state index contributed by atoms with van der Waals surface area (Å²) in [4.78, 5) is 12.0. The van der Waals surface area contributed by atoms with E-state index in [1.54, 1.807) is 54.6 Å². The summed E-state index contributed by atoms with van der Waals surface area (Å²) >= 11 is 0. The molecule has 0 amide bonds. The van der Waals surface area contributed by atoms with Crippen LogP contribution in [0.2, 0.25) is 0 Å². The first kappa shape index (κ1) is 18.4. The van der Waals surface area contributed by atoms with Gasteiger partial charge in [0.25, 0.3) is 0 Å². The van der Waals surface area contributed by atoms with Crippen molar-refractivity contribution in [1.82, 2.24) is 4.31 Å². The predicted molar refractivity (Wildman–Crippen MR) is 99.2 cm³/mol. The summed E-state index contributed by atoms with van der Waals surface area (Å²) in [5, 5.41) is 9.66. The third-order valence-electron chi connectivity index (χ3n) is 4.62. The molecule has 1 aliphatic heterocycles. The fraction of sp³-hybridized carbons (Fsp3) is 0.250. The number of aryl methyl sites for hydroxylation is 1. The molecule has 0 bridgehead atoms. The molecule has 2 aromatic rings. The van der Waals surface area contributed by atoms with E-state index in [1.807, 2.05) is 19.9 Å². The van der Waals surface area contributed by atoms with Crippen LogP contribution < -0.4 is 0 Å². The number of carbonyl (C=O) groups is 1. The van der Waals surface area contributed by atoms with Crippen molar-refractivity contribution in [2.75, 3.05) is 0 Å². The lowest BCUT2D eigenvalue weighted by atomic mass is 10.0. The largest absolute Gasteiger partial charge is 0.478 e. The Kier molecular flexibility index (Phi) is 4.98. The van der Waals surface area contributed by atoms with E-state index < -0.39 is 28.1 Å². The second-order valence-corrected chi connectivity index (χ2v) is 8.21. The molecule has 0 saturated carbocycles. The minimum Gasteiger partial charge on any atom is -0.478 e. The molecule has 0 aromatic heterocycles. The van der Waals surface area contributed by atoms with E-state index in [2.05, 4.69) is 0 Å². The Labute approximate surface area is 153 Å². The Hall–Kier alpha value is -2.44. The predicted octanol–water partition coefficient (Wildman–Crippen LogP) is 3.53. The Morgan fingerprint density at radius 1 is 1.08 bits per heavy atom. The fourth-order valence-corrected chi connectivity index (χ4v) is 5.10. The van der Waals surface area contributed by atoms with Gasteiger partial charge in [-0.05, 0) is 31.0 Å². The highest BCUT2D eigenvalue weighted by Gasteiger charge is 2.45. The van der Waals surface area contributed by atoms with E-state index in [1.165, 1.54) is 4.31 Å². The Balaban J connectivity index is 2.16. The van der Waals surface area contributed by atoms with Gasteiger partial charge in [0, 0.05) is 6.04 Å². The maximum absolute atomic E-state index is 13.4. The molecule has 1 unspecified atom stereocenters. The van der Waals surface area contributed by atoms with Gasteiger partial charge in [-0.15, -0.1) is 0 Å². The van der Waals surface area contributed by atoms with Crippen LogP contribution in [0, 0.1) is 6.92 Å². The lowest BCUT2D eigenvalue weighted by molar-refractivity contribution is -0.133. The number of nitrogens with zero attached hydrogens (tertiary/aromatic N) is 1. The number of carboxylic acid groups (broad SMARTS) is 1. The quantitative estimate of drug-likeness (QED) is 0.872. The van der Waals surface area contributed by atoms with Crippen molar-refractivity contribution in [3.63, 3.8) is 0 Å². The molecule has 1 N–H and O–H groups in total. The van der Waals surface area contributed by atoms with E-state index >= 15 is 0 Å². The summed E-state index contributed by atoms with van der Waals surface area (Å²) in [6.45, 7) is 3.74. The van der Waals surface area contributed by atoms with Gasteiger partial charge in [0.2, 0.25) is 10.0 Å². The third-order valence-corrected chi connectivity index (χ3v) is 6.53. The number of hydrogen-bond acceptors (Lipinski definition) is 3. The molecular formula is C20H21NO4S. The minimum absolute atomic E-state index is 0.0961. The molecule has 0 aliphatic carbocycles. The van der Waals surface area contributed by atoms with Crippen LogP contribution in [-0.4, -0.2) is 29.8 Å². The lowest BCUT2D eigenvalue weighted by Crippen LogP contribution is -2.38. The number of aliphatic carboxylic acids is 1. The zero-order valence-electron chi connectivity index (χ0n) is 14.7. The standard InChI is InChI=1S/C20H21NO4S/c1-3-16-13-18(20(22)23)19(15-7-5-4-6-8-15)21(16)26(24,25)17-11-9-14(2)10-12-17/h4-13,16,19H,3H2,1-2H3,(H,22,23)/t16?,19-/m0/s1. The first-order valence-electron chi connectivity index (χ1n) is 8.46.